The van der Waals surface area contributed by atoms with Gasteiger partial charge in [0.15, 0.2) is 0 Å². The predicted octanol–water partition coefficient (Wildman–Crippen LogP) is 6.40. The Kier molecular flexibility index (Phi) is 9.82. The van der Waals surface area contributed by atoms with Crippen LogP contribution >= 0.6 is 0 Å². The maximum absolute atomic E-state index is 4.39. The quantitative estimate of drug-likeness (QED) is 0.197. The second-order valence-corrected chi connectivity index (χ2v) is 12.5. The van der Waals surface area contributed by atoms with Crippen LogP contribution in [0.4, 0.5) is 0 Å². The summed E-state index contributed by atoms with van der Waals surface area (Å²) in [5.74, 6) is 2.16. The van der Waals surface area contributed by atoms with E-state index in [1.54, 1.807) is 0 Å². The maximum Gasteiger partial charge on any atom is 0.130 e. The molecule has 206 valence electrons. The van der Waals surface area contributed by atoms with Gasteiger partial charge in [0, 0.05) is 12.4 Å². The number of aromatic nitrogens is 2. The Morgan fingerprint density at radius 2 is 1.17 bits per heavy atom. The lowest BCUT2D eigenvalue weighted by atomic mass is 9.92. The molecule has 6 aromatic rings. The number of hydrogen-bond donors (Lipinski definition) is 0. The van der Waals surface area contributed by atoms with Crippen molar-refractivity contribution in [1.82, 2.24) is 9.55 Å². The van der Waals surface area contributed by atoms with Crippen LogP contribution in [0.1, 0.15) is 34.7 Å². The molecule has 0 fully saturated rings. The molecule has 2 nitrogen and oxygen atoms in total. The van der Waals surface area contributed by atoms with Gasteiger partial charge in [-0.05, 0) is 39.8 Å². The third-order valence-electron chi connectivity index (χ3n) is 7.80. The van der Waals surface area contributed by atoms with Gasteiger partial charge in [0.25, 0.3) is 0 Å². The number of rotatable bonds is 8. The summed E-state index contributed by atoms with van der Waals surface area (Å²) in [6, 6.07) is 51.9. The molecule has 0 saturated heterocycles. The molecule has 1 aromatic heterocycles. The third-order valence-corrected chi connectivity index (χ3v) is 10.4. The van der Waals surface area contributed by atoms with Gasteiger partial charge in [0.2, 0.25) is 0 Å². The molecule has 6 rings (SSSR count). The van der Waals surface area contributed by atoms with Crippen LogP contribution in [0.3, 0.4) is 0 Å². The van der Waals surface area contributed by atoms with Crippen molar-refractivity contribution in [3.05, 3.63) is 198 Å². The van der Waals surface area contributed by atoms with Crippen molar-refractivity contribution in [3.63, 3.8) is 0 Å². The minimum absolute atomic E-state index is 0.202. The van der Waals surface area contributed by atoms with E-state index in [0.29, 0.717) is 0 Å². The first-order valence-electron chi connectivity index (χ1n) is 14.7. The lowest BCUT2D eigenvalue weighted by molar-refractivity contribution is 0.596. The first kappa shape index (κ1) is 28.8. The van der Waals surface area contributed by atoms with Crippen LogP contribution < -0.4 is 5.19 Å². The minimum atomic E-state index is -0.770. The molecule has 0 amide bonds. The first-order valence-corrected chi connectivity index (χ1v) is 16.1. The fourth-order valence-corrected chi connectivity index (χ4v) is 7.91. The van der Waals surface area contributed by atoms with E-state index in [1.165, 1.54) is 38.6 Å². The molecule has 0 N–H and O–H groups in total. The van der Waals surface area contributed by atoms with Crippen LogP contribution in [0.5, 0.6) is 0 Å². The van der Waals surface area contributed by atoms with Gasteiger partial charge in [0.1, 0.15) is 7.85 Å². The lowest BCUT2D eigenvalue weighted by Gasteiger charge is -2.37. The molecular formula is C38H37BN2Si. The molecule has 0 aliphatic rings. The smallest absolute Gasteiger partial charge is 0.130 e. The summed E-state index contributed by atoms with van der Waals surface area (Å²) in [7, 11) is 1.31. The molecule has 0 atom stereocenters. The van der Waals surface area contributed by atoms with Crippen molar-refractivity contribution < 1.29 is 0 Å². The fourth-order valence-electron chi connectivity index (χ4n) is 5.60. The molecule has 0 unspecified atom stereocenters. The zero-order valence-corrected chi connectivity index (χ0v) is 25.9. The van der Waals surface area contributed by atoms with Gasteiger partial charge in [-0.1, -0.05) is 158 Å². The molecule has 0 aliphatic carbocycles. The maximum atomic E-state index is 4.39. The van der Waals surface area contributed by atoms with Gasteiger partial charge in [0.05, 0.1) is 21.0 Å². The highest BCUT2D eigenvalue weighted by molar-refractivity contribution is 6.57. The van der Waals surface area contributed by atoms with Gasteiger partial charge >= 0.3 is 0 Å². The fraction of sp³-hybridized carbons (Fsp3) is 0.0789. The Morgan fingerprint density at radius 3 is 1.57 bits per heavy atom. The van der Waals surface area contributed by atoms with Gasteiger partial charge in [-0.3, -0.25) is 0 Å². The van der Waals surface area contributed by atoms with E-state index in [4.69, 9.17) is 0 Å². The summed E-state index contributed by atoms with van der Waals surface area (Å²) in [4.78, 5) is 4.39. The molecule has 0 bridgehead atoms. The van der Waals surface area contributed by atoms with Crippen molar-refractivity contribution in [2.24, 2.45) is 0 Å². The highest BCUT2D eigenvalue weighted by atomic mass is 28.2. The average molecular weight is 561 g/mol. The Labute approximate surface area is 253 Å². The second-order valence-electron chi connectivity index (χ2n) is 10.3. The van der Waals surface area contributed by atoms with Crippen molar-refractivity contribution >= 4 is 28.1 Å². The molecule has 5 aromatic carbocycles. The largest absolute Gasteiger partial charge is 0.326 e. The Bertz CT molecular complexity index is 1570. The number of imidazole rings is 1. The van der Waals surface area contributed by atoms with Crippen LogP contribution in [-0.2, 0) is 11.6 Å². The predicted molar refractivity (Wildman–Crippen MR) is 184 cm³/mol. The summed E-state index contributed by atoms with van der Waals surface area (Å²) >= 11 is 0. The zero-order valence-electron chi connectivity index (χ0n) is 24.5. The minimum Gasteiger partial charge on any atom is -0.326 e. The van der Waals surface area contributed by atoms with Crippen LogP contribution in [-0.4, -0.2) is 26.9 Å². The van der Waals surface area contributed by atoms with Crippen LogP contribution in [0.15, 0.2) is 170 Å². The number of nitrogens with zero attached hydrogens (tertiary/aromatic N) is 2. The normalized spacial score (nSPS) is 11.1. The zero-order chi connectivity index (χ0) is 29.0. The summed E-state index contributed by atoms with van der Waals surface area (Å²) in [5.41, 5.74) is 7.86. The molecule has 4 heteroatoms. The van der Waals surface area contributed by atoms with Crippen molar-refractivity contribution in [2.75, 3.05) is 0 Å². The van der Waals surface area contributed by atoms with E-state index in [2.05, 4.69) is 170 Å². The van der Waals surface area contributed by atoms with Gasteiger partial charge < -0.3 is 4.57 Å². The summed E-state index contributed by atoms with van der Waals surface area (Å²) in [6.07, 6.45) is 7.03. The van der Waals surface area contributed by atoms with Gasteiger partial charge in [-0.15, -0.1) is 5.98 Å². The molecule has 0 aliphatic heterocycles. The molecule has 42 heavy (non-hydrogen) atoms. The van der Waals surface area contributed by atoms with E-state index in [1.807, 2.05) is 24.7 Å². The molecule has 0 radical (unpaired) electrons. The van der Waals surface area contributed by atoms with Crippen LogP contribution in [0.2, 0.25) is 0 Å². The summed E-state index contributed by atoms with van der Waals surface area (Å²) in [6.45, 7) is 2.20. The third kappa shape index (κ3) is 6.62. The molecule has 1 heterocycles. The molecular weight excluding hydrogens is 523 g/mol. The van der Waals surface area contributed by atoms with E-state index in [9.17, 15) is 0 Å². The number of benzene rings is 5. The standard InChI is InChI=1S/C24H24N2Si.C14H13B/c1-2-20-13-15-23(16-14-20)27-24(26-18-17-25-19-26,21-9-5-3-6-10-21)22-11-7-4-8-12-22;15-11-14(12-7-3-1-4-8-12)13-9-5-2-6-10-13/h3-19H,2,27H2,1H3;1-11H,15H2. The summed E-state index contributed by atoms with van der Waals surface area (Å²) < 4.78 is 2.30. The lowest BCUT2D eigenvalue weighted by Crippen LogP contribution is -2.46. The molecule has 0 saturated carbocycles. The topological polar surface area (TPSA) is 17.8 Å². The molecule has 0 spiro atoms. The Morgan fingerprint density at radius 1 is 0.690 bits per heavy atom. The number of hydrogen-bond acceptors (Lipinski definition) is 1. The van der Waals surface area contributed by atoms with Crippen molar-refractivity contribution in [3.8, 4) is 0 Å². The van der Waals surface area contributed by atoms with Crippen LogP contribution in [0, 0.1) is 0 Å². The number of aryl methyl sites for hydroxylation is 1. The SMILES string of the molecule is BC=C(c1ccccc1)c1ccccc1.CCc1ccc([SiH2]C(c2ccccc2)(c2ccccc2)n2ccnc2)cc1. The van der Waals surface area contributed by atoms with Gasteiger partial charge in [-0.2, -0.15) is 0 Å². The highest BCUT2D eigenvalue weighted by Crippen LogP contribution is 2.33. The summed E-state index contributed by atoms with van der Waals surface area (Å²) in [5, 5.41) is 1.25. The van der Waals surface area contributed by atoms with E-state index in [-0.39, 0.29) is 5.16 Å². The monoisotopic (exact) mass is 560 g/mol. The highest BCUT2D eigenvalue weighted by Gasteiger charge is 2.36. The first-order chi connectivity index (χ1) is 20.7. The van der Waals surface area contributed by atoms with E-state index < -0.39 is 9.52 Å². The van der Waals surface area contributed by atoms with Crippen molar-refractivity contribution in [1.29, 1.82) is 0 Å². The Balaban J connectivity index is 0.000000199. The van der Waals surface area contributed by atoms with Crippen LogP contribution in [0.25, 0.3) is 5.57 Å². The van der Waals surface area contributed by atoms with Gasteiger partial charge in [-0.25, -0.2) is 4.98 Å². The second kappa shape index (κ2) is 14.3. The Hall–Kier alpha value is -4.67. The average Bonchev–Trinajstić information content (AvgIpc) is 3.62. The van der Waals surface area contributed by atoms with E-state index >= 15 is 0 Å². The van der Waals surface area contributed by atoms with Crippen molar-refractivity contribution in [2.45, 2.75) is 18.5 Å². The van der Waals surface area contributed by atoms with E-state index in [0.717, 1.165) is 6.42 Å².